The van der Waals surface area contributed by atoms with Crippen LogP contribution < -0.4 is 10.6 Å². The molecule has 24 heavy (non-hydrogen) atoms. The molecule has 0 fully saturated rings. The average molecular weight is 441 g/mol. The first kappa shape index (κ1) is 20.5. The third kappa shape index (κ3) is 5.51. The van der Waals surface area contributed by atoms with Crippen molar-refractivity contribution in [3.8, 4) is 0 Å². The summed E-state index contributed by atoms with van der Waals surface area (Å²) in [6.45, 7) is 10.5. The van der Waals surface area contributed by atoms with E-state index in [1.807, 2.05) is 18.7 Å². The monoisotopic (exact) mass is 441 g/mol. The van der Waals surface area contributed by atoms with E-state index in [-0.39, 0.29) is 24.0 Å². The van der Waals surface area contributed by atoms with Gasteiger partial charge < -0.3 is 10.6 Å². The van der Waals surface area contributed by atoms with Gasteiger partial charge in [-0.05, 0) is 33.3 Å². The van der Waals surface area contributed by atoms with Gasteiger partial charge in [0.05, 0.1) is 12.2 Å². The molecule has 1 aromatic carbocycles. The lowest BCUT2D eigenvalue weighted by Crippen LogP contribution is -2.37. The quantitative estimate of drug-likeness (QED) is 0.426. The van der Waals surface area contributed by atoms with Gasteiger partial charge in [0, 0.05) is 31.4 Å². The maximum Gasteiger partial charge on any atom is 0.191 e. The van der Waals surface area contributed by atoms with Crippen molar-refractivity contribution in [1.29, 1.82) is 0 Å². The van der Waals surface area contributed by atoms with Crippen molar-refractivity contribution in [3.05, 3.63) is 52.3 Å². The molecule has 0 aliphatic carbocycles. The summed E-state index contributed by atoms with van der Waals surface area (Å²) in [6.07, 6.45) is 0. The van der Waals surface area contributed by atoms with Crippen LogP contribution in [0, 0.1) is 20.8 Å². The van der Waals surface area contributed by atoms with E-state index in [4.69, 9.17) is 0 Å². The summed E-state index contributed by atoms with van der Waals surface area (Å²) in [5.74, 6) is 0.830. The molecule has 0 unspecified atom stereocenters. The van der Waals surface area contributed by atoms with Gasteiger partial charge in [0.2, 0.25) is 0 Å². The standard InChI is InChI=1S/C18H27N5.HI/c1-6-19-18(20-11-16-9-7-8-13(2)10-16)21-12-17-14(3)22-23(5)15(17)4;/h7-10H,6,11-12H2,1-5H3,(H2,19,20,21);1H. The lowest BCUT2D eigenvalue weighted by atomic mass is 10.1. The second-order valence-electron chi connectivity index (χ2n) is 5.81. The molecular formula is C18H28IN5. The molecule has 0 bridgehead atoms. The third-order valence-corrected chi connectivity index (χ3v) is 3.94. The summed E-state index contributed by atoms with van der Waals surface area (Å²) in [6, 6.07) is 8.45. The molecule has 0 saturated carbocycles. The Balaban J connectivity index is 0.00000288. The maximum atomic E-state index is 4.67. The Hall–Kier alpha value is -1.57. The van der Waals surface area contributed by atoms with E-state index in [1.54, 1.807) is 0 Å². The number of nitrogens with zero attached hydrogens (tertiary/aromatic N) is 3. The van der Waals surface area contributed by atoms with E-state index in [0.717, 1.165) is 24.7 Å². The Kier molecular flexibility index (Phi) is 8.24. The number of aryl methyl sites for hydroxylation is 3. The van der Waals surface area contributed by atoms with Gasteiger partial charge in [0.15, 0.2) is 5.96 Å². The zero-order valence-corrected chi connectivity index (χ0v) is 17.5. The van der Waals surface area contributed by atoms with Gasteiger partial charge in [-0.3, -0.25) is 4.68 Å². The van der Waals surface area contributed by atoms with E-state index >= 15 is 0 Å². The molecule has 1 heterocycles. The molecule has 0 atom stereocenters. The van der Waals surface area contributed by atoms with Crippen LogP contribution in [-0.2, 0) is 20.1 Å². The molecule has 2 N–H and O–H groups in total. The number of guanidine groups is 1. The molecule has 132 valence electrons. The van der Waals surface area contributed by atoms with Gasteiger partial charge in [-0.2, -0.15) is 5.10 Å². The topological polar surface area (TPSA) is 54.2 Å². The van der Waals surface area contributed by atoms with Gasteiger partial charge in [0.25, 0.3) is 0 Å². The number of nitrogens with one attached hydrogen (secondary N) is 2. The highest BCUT2D eigenvalue weighted by Crippen LogP contribution is 2.11. The predicted octanol–water partition coefficient (Wildman–Crippen LogP) is 3.22. The van der Waals surface area contributed by atoms with Gasteiger partial charge >= 0.3 is 0 Å². The third-order valence-electron chi connectivity index (χ3n) is 3.94. The Labute approximate surface area is 162 Å². The van der Waals surface area contributed by atoms with E-state index in [1.165, 1.54) is 22.4 Å². The van der Waals surface area contributed by atoms with Crippen molar-refractivity contribution < 1.29 is 0 Å². The van der Waals surface area contributed by atoms with Crippen molar-refractivity contribution in [2.24, 2.45) is 12.0 Å². The molecule has 2 rings (SSSR count). The summed E-state index contributed by atoms with van der Waals surface area (Å²) in [4.78, 5) is 4.67. The molecule has 0 aliphatic heterocycles. The number of benzene rings is 1. The fourth-order valence-electron chi connectivity index (χ4n) is 2.57. The van der Waals surface area contributed by atoms with Crippen LogP contribution >= 0.6 is 24.0 Å². The van der Waals surface area contributed by atoms with Crippen LogP contribution in [0.15, 0.2) is 29.3 Å². The largest absolute Gasteiger partial charge is 0.357 e. The van der Waals surface area contributed by atoms with Crippen LogP contribution in [0.4, 0.5) is 0 Å². The van der Waals surface area contributed by atoms with E-state index in [2.05, 4.69) is 65.8 Å². The molecule has 2 aromatic rings. The fraction of sp³-hybridized carbons (Fsp3) is 0.444. The Morgan fingerprint density at radius 1 is 1.21 bits per heavy atom. The van der Waals surface area contributed by atoms with Crippen molar-refractivity contribution in [2.75, 3.05) is 6.54 Å². The number of hydrogen-bond donors (Lipinski definition) is 2. The van der Waals surface area contributed by atoms with Crippen LogP contribution in [-0.4, -0.2) is 22.3 Å². The molecule has 0 radical (unpaired) electrons. The number of halogens is 1. The van der Waals surface area contributed by atoms with Crippen LogP contribution in [0.25, 0.3) is 0 Å². The van der Waals surface area contributed by atoms with Crippen molar-refractivity contribution in [3.63, 3.8) is 0 Å². The van der Waals surface area contributed by atoms with Crippen molar-refractivity contribution in [2.45, 2.75) is 40.8 Å². The summed E-state index contributed by atoms with van der Waals surface area (Å²) in [5, 5.41) is 11.2. The van der Waals surface area contributed by atoms with Gasteiger partial charge in [-0.1, -0.05) is 29.8 Å². The number of rotatable bonds is 5. The summed E-state index contributed by atoms with van der Waals surface area (Å²) >= 11 is 0. The lowest BCUT2D eigenvalue weighted by molar-refractivity contribution is 0.728. The molecule has 0 aliphatic rings. The summed E-state index contributed by atoms with van der Waals surface area (Å²) in [5.41, 5.74) is 5.96. The lowest BCUT2D eigenvalue weighted by Gasteiger charge is -2.12. The first-order valence-corrected chi connectivity index (χ1v) is 8.08. The minimum Gasteiger partial charge on any atom is -0.357 e. The zero-order valence-electron chi connectivity index (χ0n) is 15.2. The number of aliphatic imine (C=N–C) groups is 1. The molecule has 1 aromatic heterocycles. The normalized spacial score (nSPS) is 11.1. The van der Waals surface area contributed by atoms with Crippen LogP contribution in [0.5, 0.6) is 0 Å². The molecule has 0 saturated heterocycles. The maximum absolute atomic E-state index is 4.67. The van der Waals surface area contributed by atoms with Gasteiger partial charge in [-0.25, -0.2) is 4.99 Å². The minimum atomic E-state index is 0. The minimum absolute atomic E-state index is 0. The van der Waals surface area contributed by atoms with E-state index < -0.39 is 0 Å². The van der Waals surface area contributed by atoms with Crippen LogP contribution in [0.1, 0.15) is 35.0 Å². The predicted molar refractivity (Wildman–Crippen MR) is 111 cm³/mol. The Morgan fingerprint density at radius 3 is 2.54 bits per heavy atom. The highest BCUT2D eigenvalue weighted by molar-refractivity contribution is 14.0. The SMILES string of the molecule is CCNC(=NCc1cccc(C)c1)NCc1c(C)nn(C)c1C.I. The van der Waals surface area contributed by atoms with Crippen molar-refractivity contribution >= 4 is 29.9 Å². The Morgan fingerprint density at radius 2 is 1.96 bits per heavy atom. The molecule has 0 spiro atoms. The second kappa shape index (κ2) is 9.66. The Bertz CT molecular complexity index is 691. The number of aromatic nitrogens is 2. The number of hydrogen-bond acceptors (Lipinski definition) is 2. The first-order valence-electron chi connectivity index (χ1n) is 8.08. The summed E-state index contributed by atoms with van der Waals surface area (Å²) < 4.78 is 1.92. The van der Waals surface area contributed by atoms with Crippen molar-refractivity contribution in [1.82, 2.24) is 20.4 Å². The summed E-state index contributed by atoms with van der Waals surface area (Å²) in [7, 11) is 1.98. The molecular weight excluding hydrogens is 413 g/mol. The highest BCUT2D eigenvalue weighted by atomic mass is 127. The highest BCUT2D eigenvalue weighted by Gasteiger charge is 2.09. The van der Waals surface area contributed by atoms with Crippen LogP contribution in [0.2, 0.25) is 0 Å². The second-order valence-corrected chi connectivity index (χ2v) is 5.81. The smallest absolute Gasteiger partial charge is 0.191 e. The fourth-order valence-corrected chi connectivity index (χ4v) is 2.57. The van der Waals surface area contributed by atoms with Gasteiger partial charge in [0.1, 0.15) is 0 Å². The molecule has 5 nitrogen and oxygen atoms in total. The van der Waals surface area contributed by atoms with E-state index in [0.29, 0.717) is 6.54 Å². The van der Waals surface area contributed by atoms with Crippen LogP contribution in [0.3, 0.4) is 0 Å². The van der Waals surface area contributed by atoms with E-state index in [9.17, 15) is 0 Å². The zero-order chi connectivity index (χ0) is 16.8. The molecule has 6 heteroatoms. The molecule has 0 amide bonds. The van der Waals surface area contributed by atoms with Gasteiger partial charge in [-0.15, -0.1) is 24.0 Å². The first-order chi connectivity index (χ1) is 11.0. The average Bonchev–Trinajstić information content (AvgIpc) is 2.75.